The second kappa shape index (κ2) is 5.82. The van der Waals surface area contributed by atoms with Crippen molar-refractivity contribution < 1.29 is 4.43 Å². The Morgan fingerprint density at radius 1 is 1.24 bits per heavy atom. The molecule has 0 saturated heterocycles. The molecule has 0 aliphatic carbocycles. The van der Waals surface area contributed by atoms with Crippen molar-refractivity contribution >= 4 is 14.5 Å². The normalized spacial score (nSPS) is 13.1. The van der Waals surface area contributed by atoms with Crippen LogP contribution >= 0.6 is 0 Å². The van der Waals surface area contributed by atoms with Gasteiger partial charge in [0.2, 0.25) is 8.32 Å². The molecule has 0 spiro atoms. The SMILES string of the molecule is C/C=C(/N=Cc1ccccc1C)O[Si](C)(C)C. The van der Waals surface area contributed by atoms with Crippen molar-refractivity contribution in [3.05, 3.63) is 47.4 Å². The Kier molecular flexibility index (Phi) is 4.69. The van der Waals surface area contributed by atoms with Gasteiger partial charge in [-0.3, -0.25) is 0 Å². The number of allylic oxidation sites excluding steroid dienone is 1. The molecule has 0 N–H and O–H groups in total. The topological polar surface area (TPSA) is 21.6 Å². The number of nitrogens with zero attached hydrogens (tertiary/aromatic N) is 1. The molecule has 1 aromatic carbocycles. The van der Waals surface area contributed by atoms with Crippen molar-refractivity contribution in [2.75, 3.05) is 0 Å². The van der Waals surface area contributed by atoms with Crippen LogP contribution in [0.3, 0.4) is 0 Å². The highest BCUT2D eigenvalue weighted by Gasteiger charge is 2.16. The van der Waals surface area contributed by atoms with Crippen molar-refractivity contribution in [2.24, 2.45) is 4.99 Å². The van der Waals surface area contributed by atoms with Crippen LogP contribution in [-0.4, -0.2) is 14.5 Å². The Morgan fingerprint density at radius 3 is 2.41 bits per heavy atom. The summed E-state index contributed by atoms with van der Waals surface area (Å²) >= 11 is 0. The average Bonchev–Trinajstić information content (AvgIpc) is 2.24. The number of benzene rings is 1. The monoisotopic (exact) mass is 247 g/mol. The van der Waals surface area contributed by atoms with Crippen LogP contribution in [0.15, 0.2) is 41.2 Å². The molecule has 0 radical (unpaired) electrons. The zero-order valence-corrected chi connectivity index (χ0v) is 12.3. The smallest absolute Gasteiger partial charge is 0.244 e. The van der Waals surface area contributed by atoms with Gasteiger partial charge in [0.25, 0.3) is 0 Å². The van der Waals surface area contributed by atoms with E-state index in [2.05, 4.69) is 43.7 Å². The van der Waals surface area contributed by atoms with Gasteiger partial charge in [-0.05, 0) is 50.7 Å². The van der Waals surface area contributed by atoms with Gasteiger partial charge < -0.3 is 4.43 Å². The Labute approximate surface area is 105 Å². The zero-order valence-electron chi connectivity index (χ0n) is 11.3. The molecular weight excluding hydrogens is 226 g/mol. The van der Waals surface area contributed by atoms with E-state index in [1.807, 2.05) is 31.3 Å². The molecule has 0 aromatic heterocycles. The number of hydrogen-bond acceptors (Lipinski definition) is 2. The summed E-state index contributed by atoms with van der Waals surface area (Å²) in [6, 6.07) is 8.18. The molecule has 17 heavy (non-hydrogen) atoms. The van der Waals surface area contributed by atoms with Gasteiger partial charge in [0.15, 0.2) is 5.88 Å². The molecule has 0 unspecified atom stereocenters. The largest absolute Gasteiger partial charge is 0.532 e. The predicted molar refractivity (Wildman–Crippen MR) is 77.0 cm³/mol. The molecule has 0 aliphatic rings. The van der Waals surface area contributed by atoms with Crippen molar-refractivity contribution in [2.45, 2.75) is 33.5 Å². The number of aliphatic imine (C=N–C) groups is 1. The lowest BCUT2D eigenvalue weighted by atomic mass is 10.1. The molecule has 2 nitrogen and oxygen atoms in total. The van der Waals surface area contributed by atoms with E-state index in [1.54, 1.807) is 0 Å². The van der Waals surface area contributed by atoms with Gasteiger partial charge in [-0.25, -0.2) is 4.99 Å². The van der Waals surface area contributed by atoms with Crippen LogP contribution < -0.4 is 0 Å². The third-order valence-electron chi connectivity index (χ3n) is 2.18. The third-order valence-corrected chi connectivity index (χ3v) is 3.00. The van der Waals surface area contributed by atoms with Crippen LogP contribution in [-0.2, 0) is 4.43 Å². The van der Waals surface area contributed by atoms with Crippen LogP contribution in [0, 0.1) is 6.92 Å². The minimum Gasteiger partial charge on any atom is -0.532 e. The van der Waals surface area contributed by atoms with Crippen molar-refractivity contribution in [1.29, 1.82) is 0 Å². The highest BCUT2D eigenvalue weighted by Crippen LogP contribution is 2.12. The second-order valence-corrected chi connectivity index (χ2v) is 9.39. The molecule has 0 fully saturated rings. The highest BCUT2D eigenvalue weighted by molar-refractivity contribution is 6.70. The molecule has 3 heteroatoms. The van der Waals surface area contributed by atoms with Crippen LogP contribution in [0.1, 0.15) is 18.1 Å². The van der Waals surface area contributed by atoms with Gasteiger partial charge in [0.1, 0.15) is 0 Å². The minimum absolute atomic E-state index is 0.715. The quantitative estimate of drug-likeness (QED) is 0.445. The Balaban J connectivity index is 2.80. The molecule has 0 heterocycles. The molecule has 1 aromatic rings. The first kappa shape index (κ1) is 13.7. The van der Waals surface area contributed by atoms with E-state index in [-0.39, 0.29) is 0 Å². The van der Waals surface area contributed by atoms with Gasteiger partial charge in [-0.15, -0.1) is 0 Å². The van der Waals surface area contributed by atoms with Crippen LogP contribution in [0.5, 0.6) is 0 Å². The van der Waals surface area contributed by atoms with Crippen LogP contribution in [0.2, 0.25) is 19.6 Å². The van der Waals surface area contributed by atoms with Crippen molar-refractivity contribution in [3.8, 4) is 0 Å². The maximum atomic E-state index is 5.85. The maximum Gasteiger partial charge on any atom is 0.244 e. The van der Waals surface area contributed by atoms with E-state index in [1.165, 1.54) is 5.56 Å². The summed E-state index contributed by atoms with van der Waals surface area (Å²) in [4.78, 5) is 4.41. The predicted octanol–water partition coefficient (Wildman–Crippen LogP) is 4.13. The van der Waals surface area contributed by atoms with Crippen molar-refractivity contribution in [1.82, 2.24) is 0 Å². The molecule has 92 valence electrons. The van der Waals surface area contributed by atoms with E-state index in [9.17, 15) is 0 Å². The van der Waals surface area contributed by atoms with Gasteiger partial charge in [0.05, 0.1) is 0 Å². The third kappa shape index (κ3) is 5.00. The first-order valence-corrected chi connectivity index (χ1v) is 9.28. The first-order valence-electron chi connectivity index (χ1n) is 5.87. The summed E-state index contributed by atoms with van der Waals surface area (Å²) in [6.45, 7) is 10.5. The van der Waals surface area contributed by atoms with Gasteiger partial charge in [-0.2, -0.15) is 0 Å². The summed E-state index contributed by atoms with van der Waals surface area (Å²) in [5.41, 5.74) is 2.35. The highest BCUT2D eigenvalue weighted by atomic mass is 28.4. The van der Waals surface area contributed by atoms with E-state index in [0.717, 1.165) is 5.56 Å². The lowest BCUT2D eigenvalue weighted by Crippen LogP contribution is -2.24. The van der Waals surface area contributed by atoms with Gasteiger partial charge in [-0.1, -0.05) is 24.3 Å². The Morgan fingerprint density at radius 2 is 1.88 bits per heavy atom. The van der Waals surface area contributed by atoms with E-state index >= 15 is 0 Å². The van der Waals surface area contributed by atoms with E-state index in [0.29, 0.717) is 5.88 Å². The maximum absolute atomic E-state index is 5.85. The molecule has 0 saturated carbocycles. The summed E-state index contributed by atoms with van der Waals surface area (Å²) in [5.74, 6) is 0.715. The van der Waals surface area contributed by atoms with Crippen LogP contribution in [0.4, 0.5) is 0 Å². The van der Waals surface area contributed by atoms with Gasteiger partial charge in [0, 0.05) is 6.21 Å². The molecule has 1 rings (SSSR count). The van der Waals surface area contributed by atoms with E-state index < -0.39 is 8.32 Å². The number of rotatable bonds is 4. The molecule has 0 atom stereocenters. The number of aryl methyl sites for hydroxylation is 1. The Hall–Kier alpha value is -1.35. The van der Waals surface area contributed by atoms with Crippen LogP contribution in [0.25, 0.3) is 0 Å². The second-order valence-electron chi connectivity index (χ2n) is 4.96. The molecule has 0 bridgehead atoms. The Bertz CT molecular complexity index is 430. The average molecular weight is 247 g/mol. The lowest BCUT2D eigenvalue weighted by molar-refractivity contribution is 0.417. The zero-order chi connectivity index (χ0) is 12.9. The van der Waals surface area contributed by atoms with Crippen molar-refractivity contribution in [3.63, 3.8) is 0 Å². The summed E-state index contributed by atoms with van der Waals surface area (Å²) in [6.07, 6.45) is 3.78. The molecule has 0 aliphatic heterocycles. The molecular formula is C14H21NOSi. The summed E-state index contributed by atoms with van der Waals surface area (Å²) in [7, 11) is -1.58. The molecule has 0 amide bonds. The standard InChI is InChI=1S/C14H21NOSi/c1-6-14(16-17(3,4)5)15-11-13-10-8-7-9-12(13)2/h6-11H,1-5H3/b14-6-,15-11?. The minimum atomic E-state index is -1.58. The first-order chi connectivity index (χ1) is 7.92. The van der Waals surface area contributed by atoms with Gasteiger partial charge >= 0.3 is 0 Å². The van der Waals surface area contributed by atoms with E-state index in [4.69, 9.17) is 4.43 Å². The summed E-state index contributed by atoms with van der Waals surface area (Å²) in [5, 5.41) is 0. The fourth-order valence-corrected chi connectivity index (χ4v) is 2.14. The lowest BCUT2D eigenvalue weighted by Gasteiger charge is -2.18. The fourth-order valence-electron chi connectivity index (χ4n) is 1.34. The summed E-state index contributed by atoms with van der Waals surface area (Å²) < 4.78 is 5.85. The fraction of sp³-hybridized carbons (Fsp3) is 0.357. The number of hydrogen-bond donors (Lipinski definition) is 0.